The molecule has 140 valence electrons. The normalized spacial score (nSPS) is 12.8. The summed E-state index contributed by atoms with van der Waals surface area (Å²) in [5.41, 5.74) is 9.66. The lowest BCUT2D eigenvalue weighted by molar-refractivity contribution is 0.409. The van der Waals surface area contributed by atoms with Gasteiger partial charge in [0.1, 0.15) is 12.1 Å². The largest absolute Gasteiger partial charge is 0.370 e. The molecule has 0 amide bonds. The maximum atomic E-state index is 14.7. The molecule has 1 heterocycles. The van der Waals surface area contributed by atoms with Gasteiger partial charge in [-0.25, -0.2) is 9.38 Å². The van der Waals surface area contributed by atoms with Crippen LogP contribution in [-0.4, -0.2) is 30.1 Å². The molecule has 0 aliphatic carbocycles. The SMILES string of the molecule is CC(c1ccc(-c2ccccc2)c(F)c1)c1nocc1CN=C(N)N(C)C. The van der Waals surface area contributed by atoms with Gasteiger partial charge in [-0.3, -0.25) is 0 Å². The molecule has 1 atom stereocenters. The Morgan fingerprint density at radius 2 is 1.96 bits per heavy atom. The summed E-state index contributed by atoms with van der Waals surface area (Å²) < 4.78 is 19.8. The molecule has 1 aromatic heterocycles. The van der Waals surface area contributed by atoms with E-state index in [0.717, 1.165) is 22.4 Å². The Balaban J connectivity index is 1.85. The van der Waals surface area contributed by atoms with E-state index in [-0.39, 0.29) is 11.7 Å². The number of aromatic nitrogens is 1. The lowest BCUT2D eigenvalue weighted by Gasteiger charge is -2.13. The lowest BCUT2D eigenvalue weighted by Crippen LogP contribution is -2.30. The van der Waals surface area contributed by atoms with Gasteiger partial charge in [-0.2, -0.15) is 0 Å². The zero-order valence-electron chi connectivity index (χ0n) is 15.7. The number of rotatable bonds is 5. The Labute approximate surface area is 158 Å². The van der Waals surface area contributed by atoms with E-state index in [1.165, 1.54) is 0 Å². The molecule has 2 N–H and O–H groups in total. The second-order valence-electron chi connectivity index (χ2n) is 6.62. The minimum absolute atomic E-state index is 0.131. The standard InChI is InChI=1S/C21H23FN4O/c1-14(20-17(13-27-25-20)12-24-21(23)26(2)3)16-9-10-18(19(22)11-16)15-7-5-4-6-8-15/h4-11,13-14H,12H2,1-3H3,(H2,23,24). The monoisotopic (exact) mass is 366 g/mol. The summed E-state index contributed by atoms with van der Waals surface area (Å²) in [5.74, 6) is 0.0346. The number of nitrogens with two attached hydrogens (primary N) is 1. The summed E-state index contributed by atoms with van der Waals surface area (Å²) in [7, 11) is 3.65. The Kier molecular flexibility index (Phi) is 5.54. The summed E-state index contributed by atoms with van der Waals surface area (Å²) in [6, 6.07) is 14.8. The van der Waals surface area contributed by atoms with Crippen LogP contribution in [-0.2, 0) is 6.54 Å². The van der Waals surface area contributed by atoms with E-state index in [9.17, 15) is 4.39 Å². The van der Waals surface area contributed by atoms with E-state index in [1.54, 1.807) is 23.3 Å². The van der Waals surface area contributed by atoms with Crippen LogP contribution in [0.4, 0.5) is 4.39 Å². The lowest BCUT2D eigenvalue weighted by atomic mass is 9.93. The molecule has 3 aromatic rings. The zero-order chi connectivity index (χ0) is 19.4. The van der Waals surface area contributed by atoms with Gasteiger partial charge in [0.25, 0.3) is 0 Å². The Morgan fingerprint density at radius 1 is 1.22 bits per heavy atom. The summed E-state index contributed by atoms with van der Waals surface area (Å²) in [5, 5.41) is 4.10. The average molecular weight is 366 g/mol. The Hall–Kier alpha value is -3.15. The third-order valence-electron chi connectivity index (χ3n) is 4.53. The predicted octanol–water partition coefficient (Wildman–Crippen LogP) is 4.01. The highest BCUT2D eigenvalue weighted by molar-refractivity contribution is 5.77. The Morgan fingerprint density at radius 3 is 2.63 bits per heavy atom. The van der Waals surface area contributed by atoms with Gasteiger partial charge in [0, 0.05) is 31.1 Å². The smallest absolute Gasteiger partial charge is 0.191 e. The second kappa shape index (κ2) is 8.03. The van der Waals surface area contributed by atoms with E-state index in [0.29, 0.717) is 18.1 Å². The van der Waals surface area contributed by atoms with E-state index in [4.69, 9.17) is 10.3 Å². The van der Waals surface area contributed by atoms with Crippen molar-refractivity contribution >= 4 is 5.96 Å². The first-order valence-electron chi connectivity index (χ1n) is 8.72. The van der Waals surface area contributed by atoms with Crippen LogP contribution in [0.15, 0.2) is 64.3 Å². The first-order chi connectivity index (χ1) is 13.0. The van der Waals surface area contributed by atoms with E-state index < -0.39 is 0 Å². The molecule has 3 rings (SSSR count). The van der Waals surface area contributed by atoms with Crippen LogP contribution in [0.3, 0.4) is 0 Å². The number of guanidine groups is 1. The molecule has 2 aromatic carbocycles. The molecule has 0 bridgehead atoms. The van der Waals surface area contributed by atoms with Crippen LogP contribution < -0.4 is 5.73 Å². The van der Waals surface area contributed by atoms with Crippen LogP contribution >= 0.6 is 0 Å². The van der Waals surface area contributed by atoms with Crippen molar-refractivity contribution in [2.75, 3.05) is 14.1 Å². The van der Waals surface area contributed by atoms with Crippen LogP contribution in [0.25, 0.3) is 11.1 Å². The molecule has 5 nitrogen and oxygen atoms in total. The van der Waals surface area contributed by atoms with Gasteiger partial charge in [-0.05, 0) is 17.2 Å². The van der Waals surface area contributed by atoms with E-state index in [1.807, 2.05) is 57.4 Å². The number of halogens is 1. The van der Waals surface area contributed by atoms with Crippen LogP contribution in [0.5, 0.6) is 0 Å². The van der Waals surface area contributed by atoms with Crippen molar-refractivity contribution in [3.05, 3.63) is 77.4 Å². The number of hydrogen-bond acceptors (Lipinski definition) is 3. The van der Waals surface area contributed by atoms with E-state index in [2.05, 4.69) is 10.1 Å². The minimum atomic E-state index is -0.259. The summed E-state index contributed by atoms with van der Waals surface area (Å²) in [6.07, 6.45) is 1.56. The fourth-order valence-corrected chi connectivity index (χ4v) is 2.86. The van der Waals surface area contributed by atoms with Crippen LogP contribution in [0, 0.1) is 5.82 Å². The molecule has 6 heteroatoms. The Bertz CT molecular complexity index is 934. The molecule has 27 heavy (non-hydrogen) atoms. The number of benzene rings is 2. The van der Waals surface area contributed by atoms with E-state index >= 15 is 0 Å². The highest BCUT2D eigenvalue weighted by Gasteiger charge is 2.19. The number of hydrogen-bond donors (Lipinski definition) is 1. The molecule has 0 radical (unpaired) electrons. The zero-order valence-corrected chi connectivity index (χ0v) is 15.7. The molecule has 0 aliphatic rings. The van der Waals surface area contributed by atoms with Gasteiger partial charge in [-0.15, -0.1) is 0 Å². The molecule has 1 unspecified atom stereocenters. The van der Waals surface area contributed by atoms with Crippen molar-refractivity contribution in [2.24, 2.45) is 10.7 Å². The molecule has 0 saturated heterocycles. The average Bonchev–Trinajstić information content (AvgIpc) is 3.14. The molecular weight excluding hydrogens is 343 g/mol. The van der Waals surface area contributed by atoms with Gasteiger partial charge >= 0.3 is 0 Å². The minimum Gasteiger partial charge on any atom is -0.370 e. The van der Waals surface area contributed by atoms with Gasteiger partial charge < -0.3 is 15.2 Å². The maximum Gasteiger partial charge on any atom is 0.191 e. The molecule has 0 fully saturated rings. The van der Waals surface area contributed by atoms with Crippen molar-refractivity contribution in [3.63, 3.8) is 0 Å². The van der Waals surface area contributed by atoms with Crippen LogP contribution in [0.2, 0.25) is 0 Å². The van der Waals surface area contributed by atoms with Crippen LogP contribution in [0.1, 0.15) is 29.7 Å². The summed E-state index contributed by atoms with van der Waals surface area (Å²) in [6.45, 7) is 2.33. The summed E-state index contributed by atoms with van der Waals surface area (Å²) in [4.78, 5) is 6.05. The van der Waals surface area contributed by atoms with Crippen molar-refractivity contribution in [1.29, 1.82) is 0 Å². The molecule has 0 spiro atoms. The number of aliphatic imine (C=N–C) groups is 1. The van der Waals surface area contributed by atoms with Crippen molar-refractivity contribution < 1.29 is 8.91 Å². The third kappa shape index (κ3) is 4.16. The van der Waals surface area contributed by atoms with Gasteiger partial charge in [0.05, 0.1) is 12.2 Å². The predicted molar refractivity (Wildman–Crippen MR) is 105 cm³/mol. The van der Waals surface area contributed by atoms with Gasteiger partial charge in [-0.1, -0.05) is 54.5 Å². The van der Waals surface area contributed by atoms with Gasteiger partial charge in [0.15, 0.2) is 5.96 Å². The van der Waals surface area contributed by atoms with Gasteiger partial charge in [0.2, 0.25) is 0 Å². The highest BCUT2D eigenvalue weighted by Crippen LogP contribution is 2.30. The molecule has 0 saturated carbocycles. The van der Waals surface area contributed by atoms with Crippen molar-refractivity contribution in [2.45, 2.75) is 19.4 Å². The second-order valence-corrected chi connectivity index (χ2v) is 6.62. The van der Waals surface area contributed by atoms with Crippen molar-refractivity contribution in [3.8, 4) is 11.1 Å². The third-order valence-corrected chi connectivity index (χ3v) is 4.53. The highest BCUT2D eigenvalue weighted by atomic mass is 19.1. The topological polar surface area (TPSA) is 67.6 Å². The maximum absolute atomic E-state index is 14.7. The first-order valence-corrected chi connectivity index (χ1v) is 8.72. The first kappa shape index (κ1) is 18.6. The molecular formula is C21H23FN4O. The quantitative estimate of drug-likeness (QED) is 0.547. The molecule has 0 aliphatic heterocycles. The number of nitrogens with zero attached hydrogens (tertiary/aromatic N) is 3. The van der Waals surface area contributed by atoms with Crippen molar-refractivity contribution in [1.82, 2.24) is 10.1 Å². The fraction of sp³-hybridized carbons (Fsp3) is 0.238. The fourth-order valence-electron chi connectivity index (χ4n) is 2.86. The summed E-state index contributed by atoms with van der Waals surface area (Å²) >= 11 is 0.